The number of fused-ring (bicyclic) bond motifs is 1. The van der Waals surface area contributed by atoms with Crippen LogP contribution in [-0.2, 0) is 11.3 Å². The van der Waals surface area contributed by atoms with Crippen LogP contribution in [0.3, 0.4) is 0 Å². The van der Waals surface area contributed by atoms with Gasteiger partial charge in [0.05, 0.1) is 12.1 Å². The zero-order valence-electron chi connectivity index (χ0n) is 11.9. The van der Waals surface area contributed by atoms with E-state index < -0.39 is 0 Å². The summed E-state index contributed by atoms with van der Waals surface area (Å²) in [4.78, 5) is 4.43. The topological polar surface area (TPSA) is 34.1 Å². The fraction of sp³-hybridized carbons (Fsp3) is 0.438. The molecule has 0 unspecified atom stereocenters. The van der Waals surface area contributed by atoms with Crippen LogP contribution in [0.2, 0.25) is 5.02 Å². The van der Waals surface area contributed by atoms with Gasteiger partial charge < -0.3 is 10.1 Å². The third-order valence-electron chi connectivity index (χ3n) is 3.18. The van der Waals surface area contributed by atoms with Crippen molar-refractivity contribution in [3.63, 3.8) is 0 Å². The van der Waals surface area contributed by atoms with Crippen LogP contribution < -0.4 is 5.32 Å². The van der Waals surface area contributed by atoms with E-state index in [1.807, 2.05) is 24.3 Å². The minimum Gasteiger partial charge on any atom is -0.380 e. The van der Waals surface area contributed by atoms with Crippen molar-refractivity contribution in [2.75, 3.05) is 19.8 Å². The highest BCUT2D eigenvalue weighted by atomic mass is 35.5. The molecule has 1 N–H and O–H groups in total. The second-order valence-electron chi connectivity index (χ2n) is 4.75. The summed E-state index contributed by atoms with van der Waals surface area (Å²) < 4.78 is 5.52. The van der Waals surface area contributed by atoms with E-state index in [-0.39, 0.29) is 0 Å². The molecule has 2 aromatic rings. The molecule has 1 aromatic heterocycles. The summed E-state index contributed by atoms with van der Waals surface area (Å²) in [6.07, 6.45) is 4.11. The van der Waals surface area contributed by atoms with Gasteiger partial charge in [-0.25, -0.2) is 0 Å². The molecule has 0 aliphatic rings. The molecule has 1 aromatic carbocycles. The van der Waals surface area contributed by atoms with Crippen molar-refractivity contribution in [2.45, 2.75) is 26.3 Å². The van der Waals surface area contributed by atoms with Gasteiger partial charge in [0.1, 0.15) is 0 Å². The van der Waals surface area contributed by atoms with E-state index in [1.54, 1.807) is 6.20 Å². The van der Waals surface area contributed by atoms with E-state index in [0.717, 1.165) is 48.6 Å². The Balaban J connectivity index is 1.86. The number of aromatic nitrogens is 1. The predicted octanol–water partition coefficient (Wildman–Crippen LogP) is 3.79. The maximum absolute atomic E-state index is 6.18. The fourth-order valence-electron chi connectivity index (χ4n) is 2.05. The number of benzene rings is 1. The van der Waals surface area contributed by atoms with Gasteiger partial charge in [0, 0.05) is 36.3 Å². The van der Waals surface area contributed by atoms with Crippen LogP contribution in [0.5, 0.6) is 0 Å². The van der Waals surface area contributed by atoms with Gasteiger partial charge >= 0.3 is 0 Å². The van der Waals surface area contributed by atoms with E-state index in [0.29, 0.717) is 0 Å². The van der Waals surface area contributed by atoms with Gasteiger partial charge in [-0.05, 0) is 30.2 Å². The molecule has 2 rings (SSSR count). The standard InChI is InChI=1S/C16H21ClN2O/c1-2-3-10-20-11-9-18-12-13-6-7-15(17)14-5-4-8-19-16(13)14/h4-8,18H,2-3,9-12H2,1H3. The Morgan fingerprint density at radius 3 is 3.00 bits per heavy atom. The Hall–Kier alpha value is -1.16. The van der Waals surface area contributed by atoms with Crippen molar-refractivity contribution in [1.82, 2.24) is 10.3 Å². The Labute approximate surface area is 125 Å². The summed E-state index contributed by atoms with van der Waals surface area (Å²) in [7, 11) is 0. The van der Waals surface area contributed by atoms with E-state index in [4.69, 9.17) is 16.3 Å². The SMILES string of the molecule is CCCCOCCNCc1ccc(Cl)c2cccnc12. The van der Waals surface area contributed by atoms with Gasteiger partial charge in [-0.15, -0.1) is 0 Å². The van der Waals surface area contributed by atoms with Crippen molar-refractivity contribution in [3.8, 4) is 0 Å². The predicted molar refractivity (Wildman–Crippen MR) is 84.2 cm³/mol. The smallest absolute Gasteiger partial charge is 0.0761 e. The summed E-state index contributed by atoms with van der Waals surface area (Å²) in [5.41, 5.74) is 2.14. The van der Waals surface area contributed by atoms with Gasteiger partial charge in [0.25, 0.3) is 0 Å². The highest BCUT2D eigenvalue weighted by molar-refractivity contribution is 6.35. The second kappa shape index (κ2) is 8.20. The third-order valence-corrected chi connectivity index (χ3v) is 3.51. The summed E-state index contributed by atoms with van der Waals surface area (Å²) in [5.74, 6) is 0. The molecule has 0 bridgehead atoms. The molecule has 0 amide bonds. The Morgan fingerprint density at radius 2 is 2.15 bits per heavy atom. The monoisotopic (exact) mass is 292 g/mol. The first-order valence-electron chi connectivity index (χ1n) is 7.13. The number of halogens is 1. The molecule has 0 aliphatic carbocycles. The summed E-state index contributed by atoms with van der Waals surface area (Å²) in [6, 6.07) is 7.87. The zero-order chi connectivity index (χ0) is 14.2. The van der Waals surface area contributed by atoms with Crippen LogP contribution in [0, 0.1) is 0 Å². The average Bonchev–Trinajstić information content (AvgIpc) is 2.49. The molecule has 3 nitrogen and oxygen atoms in total. The molecular weight excluding hydrogens is 272 g/mol. The number of unbranched alkanes of at least 4 members (excludes halogenated alkanes) is 1. The lowest BCUT2D eigenvalue weighted by Gasteiger charge is -2.09. The van der Waals surface area contributed by atoms with Crippen LogP contribution in [0.25, 0.3) is 10.9 Å². The quantitative estimate of drug-likeness (QED) is 0.752. The highest BCUT2D eigenvalue weighted by Crippen LogP contribution is 2.24. The van der Waals surface area contributed by atoms with Crippen molar-refractivity contribution >= 4 is 22.5 Å². The molecule has 4 heteroatoms. The number of nitrogens with one attached hydrogen (secondary N) is 1. The van der Waals surface area contributed by atoms with Crippen LogP contribution in [-0.4, -0.2) is 24.7 Å². The number of hydrogen-bond acceptors (Lipinski definition) is 3. The van der Waals surface area contributed by atoms with Crippen molar-refractivity contribution in [2.24, 2.45) is 0 Å². The van der Waals surface area contributed by atoms with Crippen LogP contribution in [0.15, 0.2) is 30.5 Å². The highest BCUT2D eigenvalue weighted by Gasteiger charge is 2.04. The normalized spacial score (nSPS) is 11.1. The minimum absolute atomic E-state index is 0.749. The lowest BCUT2D eigenvalue weighted by Crippen LogP contribution is -2.19. The van der Waals surface area contributed by atoms with Crippen LogP contribution in [0.4, 0.5) is 0 Å². The molecule has 0 spiro atoms. The molecule has 0 saturated carbocycles. The van der Waals surface area contributed by atoms with Crippen LogP contribution in [0.1, 0.15) is 25.3 Å². The molecule has 1 heterocycles. The summed E-state index contributed by atoms with van der Waals surface area (Å²) >= 11 is 6.18. The van der Waals surface area contributed by atoms with E-state index in [2.05, 4.69) is 17.2 Å². The Morgan fingerprint density at radius 1 is 1.25 bits per heavy atom. The summed E-state index contributed by atoms with van der Waals surface area (Å²) in [5, 5.41) is 5.14. The molecule has 0 saturated heterocycles. The lowest BCUT2D eigenvalue weighted by molar-refractivity contribution is 0.133. The first-order valence-corrected chi connectivity index (χ1v) is 7.51. The van der Waals surface area contributed by atoms with E-state index >= 15 is 0 Å². The molecular formula is C16H21ClN2O. The average molecular weight is 293 g/mol. The number of nitrogens with zero attached hydrogens (tertiary/aromatic N) is 1. The van der Waals surface area contributed by atoms with Crippen molar-refractivity contribution in [3.05, 3.63) is 41.0 Å². The lowest BCUT2D eigenvalue weighted by atomic mass is 10.1. The van der Waals surface area contributed by atoms with E-state index in [9.17, 15) is 0 Å². The second-order valence-corrected chi connectivity index (χ2v) is 5.16. The molecule has 20 heavy (non-hydrogen) atoms. The zero-order valence-corrected chi connectivity index (χ0v) is 12.6. The summed E-state index contributed by atoms with van der Waals surface area (Å²) in [6.45, 7) is 5.39. The maximum atomic E-state index is 6.18. The van der Waals surface area contributed by atoms with Gasteiger partial charge in [0.2, 0.25) is 0 Å². The molecule has 0 fully saturated rings. The number of ether oxygens (including phenoxy) is 1. The van der Waals surface area contributed by atoms with Crippen molar-refractivity contribution < 1.29 is 4.74 Å². The van der Waals surface area contributed by atoms with Gasteiger partial charge in [-0.1, -0.05) is 31.0 Å². The van der Waals surface area contributed by atoms with Gasteiger partial charge in [0.15, 0.2) is 0 Å². The van der Waals surface area contributed by atoms with Gasteiger partial charge in [-0.3, -0.25) is 4.98 Å². The molecule has 0 radical (unpaired) electrons. The maximum Gasteiger partial charge on any atom is 0.0761 e. The molecule has 0 aliphatic heterocycles. The number of pyridine rings is 1. The molecule has 0 atom stereocenters. The molecule has 108 valence electrons. The first kappa shape index (κ1) is 15.2. The van der Waals surface area contributed by atoms with Crippen molar-refractivity contribution in [1.29, 1.82) is 0 Å². The van der Waals surface area contributed by atoms with E-state index in [1.165, 1.54) is 12.0 Å². The van der Waals surface area contributed by atoms with Gasteiger partial charge in [-0.2, -0.15) is 0 Å². The third kappa shape index (κ3) is 4.17. The number of rotatable bonds is 8. The van der Waals surface area contributed by atoms with Crippen LogP contribution >= 0.6 is 11.6 Å². The largest absolute Gasteiger partial charge is 0.380 e. The first-order chi connectivity index (χ1) is 9.83. The minimum atomic E-state index is 0.749. The Kier molecular flexibility index (Phi) is 6.25. The Bertz CT molecular complexity index is 545. The fourth-order valence-corrected chi connectivity index (χ4v) is 2.27. The number of hydrogen-bond donors (Lipinski definition) is 1.